The summed E-state index contributed by atoms with van der Waals surface area (Å²) in [5.74, 6) is -0.448. The van der Waals surface area contributed by atoms with Crippen molar-refractivity contribution >= 4 is 45.8 Å². The van der Waals surface area contributed by atoms with Crippen LogP contribution in [0.25, 0.3) is 10.9 Å². The monoisotopic (exact) mass is 426 g/mol. The Morgan fingerprint density at radius 3 is 2.38 bits per heavy atom. The van der Waals surface area contributed by atoms with Gasteiger partial charge in [-0.05, 0) is 60.2 Å². The average Bonchev–Trinajstić information content (AvgIpc) is 2.74. The van der Waals surface area contributed by atoms with Crippen LogP contribution in [-0.2, 0) is 16.0 Å². The highest BCUT2D eigenvalue weighted by Crippen LogP contribution is 2.33. The molecule has 0 N–H and O–H groups in total. The lowest BCUT2D eigenvalue weighted by atomic mass is 9.87. The number of nitrogens with zero attached hydrogens (tertiary/aromatic N) is 2. The third-order valence-electron chi connectivity index (χ3n) is 5.48. The molecule has 0 bridgehead atoms. The van der Waals surface area contributed by atoms with Crippen molar-refractivity contribution in [3.8, 4) is 0 Å². The van der Waals surface area contributed by atoms with Gasteiger partial charge in [0.15, 0.2) is 0 Å². The largest absolute Gasteiger partial charge is 0.336 e. The summed E-state index contributed by atoms with van der Waals surface area (Å²) in [6.45, 7) is 1.15. The summed E-state index contributed by atoms with van der Waals surface area (Å²) in [6.07, 6.45) is 3.55. The van der Waals surface area contributed by atoms with E-state index in [1.165, 1.54) is 5.56 Å². The predicted octanol–water partition coefficient (Wildman–Crippen LogP) is 5.06. The topological polar surface area (TPSA) is 50.3 Å². The molecule has 1 fully saturated rings. The van der Waals surface area contributed by atoms with Crippen molar-refractivity contribution in [1.29, 1.82) is 0 Å². The van der Waals surface area contributed by atoms with Crippen LogP contribution in [0.1, 0.15) is 29.9 Å². The summed E-state index contributed by atoms with van der Waals surface area (Å²) in [5.41, 5.74) is 2.91. The first-order valence-corrected chi connectivity index (χ1v) is 10.4. The maximum absolute atomic E-state index is 12.6. The average molecular weight is 427 g/mol. The van der Waals surface area contributed by atoms with Crippen LogP contribution in [-0.4, -0.2) is 34.7 Å². The van der Waals surface area contributed by atoms with Gasteiger partial charge in [-0.2, -0.15) is 0 Å². The van der Waals surface area contributed by atoms with Gasteiger partial charge in [0.1, 0.15) is 0 Å². The highest BCUT2D eigenvalue weighted by molar-refractivity contribution is 6.36. The van der Waals surface area contributed by atoms with Crippen LogP contribution >= 0.6 is 23.2 Å². The minimum Gasteiger partial charge on any atom is -0.336 e. The van der Waals surface area contributed by atoms with Crippen LogP contribution in [0.2, 0.25) is 10.0 Å². The summed E-state index contributed by atoms with van der Waals surface area (Å²) in [5, 5.41) is 2.38. The van der Waals surface area contributed by atoms with E-state index in [9.17, 15) is 9.59 Å². The number of carbonyl (C=O) groups is 2. The molecule has 1 amide bonds. The molecule has 29 heavy (non-hydrogen) atoms. The molecule has 0 saturated carbocycles. The Morgan fingerprint density at radius 1 is 0.966 bits per heavy atom. The molecule has 0 radical (unpaired) electrons. The molecular formula is C23H20Cl2N2O2. The van der Waals surface area contributed by atoms with E-state index in [2.05, 4.69) is 4.98 Å². The van der Waals surface area contributed by atoms with Gasteiger partial charge in [0, 0.05) is 41.1 Å². The van der Waals surface area contributed by atoms with E-state index < -0.39 is 5.91 Å². The molecule has 6 heteroatoms. The summed E-state index contributed by atoms with van der Waals surface area (Å²) in [6, 6.07) is 14.8. The molecule has 1 aliphatic heterocycles. The predicted molar refractivity (Wildman–Crippen MR) is 115 cm³/mol. The Kier molecular flexibility index (Phi) is 5.84. The molecule has 2 aromatic carbocycles. The van der Waals surface area contributed by atoms with Gasteiger partial charge in [-0.1, -0.05) is 41.4 Å². The number of amides is 1. The van der Waals surface area contributed by atoms with Crippen LogP contribution < -0.4 is 0 Å². The van der Waals surface area contributed by atoms with Gasteiger partial charge in [-0.3, -0.25) is 14.6 Å². The van der Waals surface area contributed by atoms with E-state index >= 15 is 0 Å². The normalized spacial score (nSPS) is 14.9. The molecule has 4 rings (SSSR count). The third-order valence-corrected chi connectivity index (χ3v) is 5.96. The number of carbonyl (C=O) groups excluding carboxylic acids is 2. The Morgan fingerprint density at radius 2 is 1.66 bits per heavy atom. The van der Waals surface area contributed by atoms with E-state index in [0.29, 0.717) is 29.1 Å². The van der Waals surface area contributed by atoms with Crippen LogP contribution in [0.4, 0.5) is 0 Å². The molecule has 1 aliphatic rings. The second kappa shape index (κ2) is 8.52. The number of halogens is 2. The SMILES string of the molecule is O=C(Cc1ccc(Cl)cc1)C(=O)N1CCC(c2ccnc3cc(Cl)ccc23)CC1. The van der Waals surface area contributed by atoms with Crippen LogP contribution in [0, 0.1) is 0 Å². The third kappa shape index (κ3) is 4.44. The van der Waals surface area contributed by atoms with Crippen molar-refractivity contribution in [2.75, 3.05) is 13.1 Å². The zero-order chi connectivity index (χ0) is 20.4. The van der Waals surface area contributed by atoms with Crippen LogP contribution in [0.15, 0.2) is 54.7 Å². The number of likely N-dealkylation sites (tertiary alicyclic amines) is 1. The van der Waals surface area contributed by atoms with E-state index in [-0.39, 0.29) is 12.2 Å². The van der Waals surface area contributed by atoms with Crippen LogP contribution in [0.5, 0.6) is 0 Å². The highest BCUT2D eigenvalue weighted by atomic mass is 35.5. The summed E-state index contributed by atoms with van der Waals surface area (Å²) >= 11 is 12.0. The zero-order valence-corrected chi connectivity index (χ0v) is 17.3. The number of benzene rings is 2. The fraction of sp³-hybridized carbons (Fsp3) is 0.261. The highest BCUT2D eigenvalue weighted by Gasteiger charge is 2.28. The van der Waals surface area contributed by atoms with E-state index in [4.69, 9.17) is 23.2 Å². The number of hydrogen-bond acceptors (Lipinski definition) is 3. The smallest absolute Gasteiger partial charge is 0.290 e. The summed E-state index contributed by atoms with van der Waals surface area (Å²) < 4.78 is 0. The fourth-order valence-corrected chi connectivity index (χ4v) is 4.22. The fourth-order valence-electron chi connectivity index (χ4n) is 3.93. The second-order valence-electron chi connectivity index (χ2n) is 7.35. The van der Waals surface area contributed by atoms with Crippen LogP contribution in [0.3, 0.4) is 0 Å². The first kappa shape index (κ1) is 19.9. The maximum Gasteiger partial charge on any atom is 0.290 e. The molecule has 0 spiro atoms. The minimum atomic E-state index is -0.398. The minimum absolute atomic E-state index is 0.103. The Labute approximate surface area is 179 Å². The summed E-state index contributed by atoms with van der Waals surface area (Å²) in [7, 11) is 0. The Hall–Kier alpha value is -2.43. The maximum atomic E-state index is 12.6. The van der Waals surface area contributed by atoms with Gasteiger partial charge in [-0.25, -0.2) is 0 Å². The van der Waals surface area contributed by atoms with Crippen molar-refractivity contribution in [2.45, 2.75) is 25.2 Å². The van der Waals surface area contributed by atoms with Crippen molar-refractivity contribution in [2.24, 2.45) is 0 Å². The van der Waals surface area contributed by atoms with Gasteiger partial charge in [0.25, 0.3) is 5.91 Å². The molecule has 3 aromatic rings. The van der Waals surface area contributed by atoms with Gasteiger partial charge in [-0.15, -0.1) is 0 Å². The number of Topliss-reactive ketones (excluding diaryl/α,β-unsaturated/α-hetero) is 1. The molecule has 1 aromatic heterocycles. The number of fused-ring (bicyclic) bond motifs is 1. The lowest BCUT2D eigenvalue weighted by molar-refractivity contribution is -0.145. The number of ketones is 1. The van der Waals surface area contributed by atoms with Gasteiger partial charge < -0.3 is 4.90 Å². The van der Waals surface area contributed by atoms with E-state index in [0.717, 1.165) is 29.3 Å². The first-order chi connectivity index (χ1) is 14.0. The van der Waals surface area contributed by atoms with E-state index in [1.54, 1.807) is 35.4 Å². The molecular weight excluding hydrogens is 407 g/mol. The van der Waals surface area contributed by atoms with Crippen molar-refractivity contribution in [1.82, 2.24) is 9.88 Å². The quantitative estimate of drug-likeness (QED) is 0.547. The number of hydrogen-bond donors (Lipinski definition) is 0. The Bertz CT molecular complexity index is 1060. The molecule has 0 unspecified atom stereocenters. The van der Waals surface area contributed by atoms with Gasteiger partial charge >= 0.3 is 0 Å². The lowest BCUT2D eigenvalue weighted by Gasteiger charge is -2.32. The summed E-state index contributed by atoms with van der Waals surface area (Å²) in [4.78, 5) is 31.1. The number of rotatable bonds is 4. The number of piperidine rings is 1. The number of aromatic nitrogens is 1. The van der Waals surface area contributed by atoms with Gasteiger partial charge in [0.2, 0.25) is 5.78 Å². The first-order valence-electron chi connectivity index (χ1n) is 9.62. The Balaban J connectivity index is 1.41. The van der Waals surface area contributed by atoms with Crippen molar-refractivity contribution in [3.05, 3.63) is 75.9 Å². The van der Waals surface area contributed by atoms with Crippen molar-refractivity contribution < 1.29 is 9.59 Å². The zero-order valence-electron chi connectivity index (χ0n) is 15.8. The molecule has 4 nitrogen and oxygen atoms in total. The second-order valence-corrected chi connectivity index (χ2v) is 8.23. The van der Waals surface area contributed by atoms with Crippen molar-refractivity contribution in [3.63, 3.8) is 0 Å². The standard InChI is InChI=1S/C23H20Cl2N2O2/c24-17-3-1-15(2-4-17)13-22(28)23(29)27-11-8-16(9-12-27)19-7-10-26-21-14-18(25)5-6-20(19)21/h1-7,10,14,16H,8-9,11-13H2. The van der Waals surface area contributed by atoms with E-state index in [1.807, 2.05) is 24.3 Å². The number of pyridine rings is 1. The molecule has 2 heterocycles. The lowest BCUT2D eigenvalue weighted by Crippen LogP contribution is -2.42. The molecule has 148 valence electrons. The van der Waals surface area contributed by atoms with Gasteiger partial charge in [0.05, 0.1) is 5.52 Å². The molecule has 0 aliphatic carbocycles. The molecule has 0 atom stereocenters. The molecule has 1 saturated heterocycles.